The highest BCUT2D eigenvalue weighted by Crippen LogP contribution is 2.20. The van der Waals surface area contributed by atoms with E-state index in [1.807, 2.05) is 31.2 Å². The molecule has 18 heavy (non-hydrogen) atoms. The van der Waals surface area contributed by atoms with Crippen molar-refractivity contribution in [1.82, 2.24) is 4.98 Å². The Kier molecular flexibility index (Phi) is 4.20. The average Bonchev–Trinajstić information content (AvgIpc) is 2.76. The first-order chi connectivity index (χ1) is 8.70. The van der Waals surface area contributed by atoms with Gasteiger partial charge in [0.15, 0.2) is 5.58 Å². The highest BCUT2D eigenvalue weighted by atomic mass is 16.5. The number of hydrogen-bond acceptors (Lipinski definition) is 4. The van der Waals surface area contributed by atoms with Gasteiger partial charge in [0.1, 0.15) is 5.52 Å². The first kappa shape index (κ1) is 12.9. The normalized spacial score (nSPS) is 13.1. The molecule has 0 aliphatic heterocycles. The van der Waals surface area contributed by atoms with Gasteiger partial charge in [-0.15, -0.1) is 0 Å². The molecular weight excluding hydrogens is 228 g/mol. The van der Waals surface area contributed by atoms with Crippen LogP contribution < -0.4 is 5.32 Å². The van der Waals surface area contributed by atoms with Gasteiger partial charge in [-0.25, -0.2) is 0 Å². The van der Waals surface area contributed by atoms with E-state index >= 15 is 0 Å². The van der Waals surface area contributed by atoms with Crippen molar-refractivity contribution in [3.05, 3.63) is 24.3 Å². The molecule has 1 aromatic carbocycles. The highest BCUT2D eigenvalue weighted by Gasteiger charge is 2.16. The van der Waals surface area contributed by atoms with Crippen LogP contribution in [-0.4, -0.2) is 24.2 Å². The van der Waals surface area contributed by atoms with E-state index in [1.54, 1.807) is 0 Å². The SMILES string of the molecule is CCOCC(Nc1nc2ccccc2o1)C(C)C. The maximum absolute atomic E-state index is 5.65. The van der Waals surface area contributed by atoms with Crippen LogP contribution in [0, 0.1) is 5.92 Å². The number of hydrogen-bond donors (Lipinski definition) is 1. The Balaban J connectivity index is 2.10. The van der Waals surface area contributed by atoms with Gasteiger partial charge in [0.2, 0.25) is 0 Å². The Bertz CT molecular complexity index is 460. The van der Waals surface area contributed by atoms with Crippen molar-refractivity contribution in [2.75, 3.05) is 18.5 Å². The van der Waals surface area contributed by atoms with E-state index in [4.69, 9.17) is 9.15 Å². The van der Waals surface area contributed by atoms with E-state index in [-0.39, 0.29) is 6.04 Å². The minimum absolute atomic E-state index is 0.206. The molecule has 0 saturated carbocycles. The molecule has 0 aliphatic carbocycles. The molecule has 0 aliphatic rings. The number of fused-ring (bicyclic) bond motifs is 1. The number of rotatable bonds is 6. The molecule has 4 nitrogen and oxygen atoms in total. The second kappa shape index (κ2) is 5.87. The second-order valence-corrected chi connectivity index (χ2v) is 4.64. The summed E-state index contributed by atoms with van der Waals surface area (Å²) in [5.41, 5.74) is 1.68. The standard InChI is InChI=1S/C14H20N2O2/c1-4-17-9-12(10(2)3)16-14-15-11-7-5-6-8-13(11)18-14/h5-8,10,12H,4,9H2,1-3H3,(H,15,16). The molecule has 2 aromatic rings. The van der Waals surface area contributed by atoms with E-state index < -0.39 is 0 Å². The molecule has 98 valence electrons. The lowest BCUT2D eigenvalue weighted by Gasteiger charge is -2.20. The lowest BCUT2D eigenvalue weighted by Crippen LogP contribution is -2.31. The average molecular weight is 248 g/mol. The maximum Gasteiger partial charge on any atom is 0.295 e. The van der Waals surface area contributed by atoms with Gasteiger partial charge in [0.25, 0.3) is 6.01 Å². The van der Waals surface area contributed by atoms with Crippen LogP contribution in [0.5, 0.6) is 0 Å². The zero-order chi connectivity index (χ0) is 13.0. The Labute approximate surface area is 107 Å². The van der Waals surface area contributed by atoms with Crippen LogP contribution in [0.4, 0.5) is 6.01 Å². The van der Waals surface area contributed by atoms with Crippen molar-refractivity contribution in [2.45, 2.75) is 26.8 Å². The zero-order valence-electron chi connectivity index (χ0n) is 11.1. The topological polar surface area (TPSA) is 47.3 Å². The van der Waals surface area contributed by atoms with Gasteiger partial charge in [-0.05, 0) is 25.0 Å². The molecule has 1 N–H and O–H groups in total. The highest BCUT2D eigenvalue weighted by molar-refractivity contribution is 5.74. The minimum atomic E-state index is 0.206. The third-order valence-corrected chi connectivity index (χ3v) is 2.91. The molecule has 1 unspecified atom stereocenters. The van der Waals surface area contributed by atoms with Gasteiger partial charge in [0, 0.05) is 6.61 Å². The summed E-state index contributed by atoms with van der Waals surface area (Å²) in [6.07, 6.45) is 0. The molecule has 0 fully saturated rings. The van der Waals surface area contributed by atoms with Gasteiger partial charge >= 0.3 is 0 Å². The number of nitrogens with one attached hydrogen (secondary N) is 1. The van der Waals surface area contributed by atoms with E-state index in [0.717, 1.165) is 17.7 Å². The van der Waals surface area contributed by atoms with Crippen LogP contribution in [0.3, 0.4) is 0 Å². The third-order valence-electron chi connectivity index (χ3n) is 2.91. The first-order valence-corrected chi connectivity index (χ1v) is 6.40. The van der Waals surface area contributed by atoms with E-state index in [0.29, 0.717) is 18.5 Å². The number of benzene rings is 1. The van der Waals surface area contributed by atoms with E-state index in [2.05, 4.69) is 24.1 Å². The number of anilines is 1. The molecule has 4 heteroatoms. The van der Waals surface area contributed by atoms with Crippen LogP contribution in [0.2, 0.25) is 0 Å². The molecule has 0 bridgehead atoms. The van der Waals surface area contributed by atoms with Crippen molar-refractivity contribution >= 4 is 17.1 Å². The summed E-state index contributed by atoms with van der Waals surface area (Å²) in [6, 6.07) is 8.52. The Hall–Kier alpha value is -1.55. The van der Waals surface area contributed by atoms with Gasteiger partial charge in [0.05, 0.1) is 12.6 Å². The smallest absolute Gasteiger partial charge is 0.295 e. The fourth-order valence-corrected chi connectivity index (χ4v) is 1.74. The largest absolute Gasteiger partial charge is 0.424 e. The molecular formula is C14H20N2O2. The number of oxazole rings is 1. The van der Waals surface area contributed by atoms with Crippen LogP contribution >= 0.6 is 0 Å². The predicted octanol–water partition coefficient (Wildman–Crippen LogP) is 3.30. The Morgan fingerprint density at radius 1 is 1.33 bits per heavy atom. The zero-order valence-corrected chi connectivity index (χ0v) is 11.1. The summed E-state index contributed by atoms with van der Waals surface area (Å²) in [5, 5.41) is 3.30. The molecule has 1 heterocycles. The number of para-hydroxylation sites is 2. The summed E-state index contributed by atoms with van der Waals surface area (Å²) in [7, 11) is 0. The lowest BCUT2D eigenvalue weighted by atomic mass is 10.1. The van der Waals surface area contributed by atoms with Gasteiger partial charge in [-0.3, -0.25) is 0 Å². The predicted molar refractivity (Wildman–Crippen MR) is 72.8 cm³/mol. The van der Waals surface area contributed by atoms with Gasteiger partial charge in [-0.1, -0.05) is 26.0 Å². The molecule has 0 spiro atoms. The Morgan fingerprint density at radius 3 is 2.78 bits per heavy atom. The molecule has 0 radical (unpaired) electrons. The number of nitrogens with zero attached hydrogens (tertiary/aromatic N) is 1. The van der Waals surface area contributed by atoms with Crippen LogP contribution in [0.1, 0.15) is 20.8 Å². The molecule has 0 saturated heterocycles. The van der Waals surface area contributed by atoms with Crippen LogP contribution in [0.25, 0.3) is 11.1 Å². The summed E-state index contributed by atoms with van der Waals surface area (Å²) < 4.78 is 11.1. The monoisotopic (exact) mass is 248 g/mol. The number of aromatic nitrogens is 1. The van der Waals surface area contributed by atoms with Crippen molar-refractivity contribution in [1.29, 1.82) is 0 Å². The Morgan fingerprint density at radius 2 is 2.11 bits per heavy atom. The summed E-state index contributed by atoms with van der Waals surface area (Å²) in [5.74, 6) is 0.451. The third kappa shape index (κ3) is 3.01. The maximum atomic E-state index is 5.65. The van der Waals surface area contributed by atoms with E-state index in [9.17, 15) is 0 Å². The van der Waals surface area contributed by atoms with Crippen molar-refractivity contribution in [3.8, 4) is 0 Å². The first-order valence-electron chi connectivity index (χ1n) is 6.40. The van der Waals surface area contributed by atoms with Gasteiger partial charge in [-0.2, -0.15) is 4.98 Å². The molecule has 1 atom stereocenters. The van der Waals surface area contributed by atoms with Crippen molar-refractivity contribution in [2.24, 2.45) is 5.92 Å². The quantitative estimate of drug-likeness (QED) is 0.852. The van der Waals surface area contributed by atoms with Crippen LogP contribution in [0.15, 0.2) is 28.7 Å². The lowest BCUT2D eigenvalue weighted by molar-refractivity contribution is 0.126. The summed E-state index contributed by atoms with van der Waals surface area (Å²) in [4.78, 5) is 4.41. The van der Waals surface area contributed by atoms with Crippen LogP contribution in [-0.2, 0) is 4.74 Å². The minimum Gasteiger partial charge on any atom is -0.424 e. The number of ether oxygens (including phenoxy) is 1. The molecule has 0 amide bonds. The van der Waals surface area contributed by atoms with Crippen molar-refractivity contribution in [3.63, 3.8) is 0 Å². The second-order valence-electron chi connectivity index (χ2n) is 4.64. The molecule has 2 rings (SSSR count). The van der Waals surface area contributed by atoms with Gasteiger partial charge < -0.3 is 14.5 Å². The summed E-state index contributed by atoms with van der Waals surface area (Å²) in [6.45, 7) is 7.68. The fourth-order valence-electron chi connectivity index (χ4n) is 1.74. The summed E-state index contributed by atoms with van der Waals surface area (Å²) >= 11 is 0. The van der Waals surface area contributed by atoms with E-state index in [1.165, 1.54) is 0 Å². The molecule has 1 aromatic heterocycles. The van der Waals surface area contributed by atoms with Crippen molar-refractivity contribution < 1.29 is 9.15 Å². The fraction of sp³-hybridized carbons (Fsp3) is 0.500.